The largest absolute Gasteiger partial charge is 0.462 e. The highest BCUT2D eigenvalue weighted by Crippen LogP contribution is 2.25. The lowest BCUT2D eigenvalue weighted by atomic mass is 10.1. The molecule has 0 fully saturated rings. The first-order valence-corrected chi connectivity index (χ1v) is 7.22. The third kappa shape index (κ3) is 3.27. The maximum atomic E-state index is 12.0. The van der Waals surface area contributed by atoms with Crippen LogP contribution in [0.5, 0.6) is 0 Å². The standard InChI is InChI=1S/C14H17N3O2S/c1-3-19-14(18)11-8-10(15)4-5-12(11)17-9(2)13-16-6-7-20-13/h4-9,17H,3,15H2,1-2H3. The molecule has 106 valence electrons. The molecule has 6 heteroatoms. The van der Waals surface area contributed by atoms with Gasteiger partial charge in [0.1, 0.15) is 5.01 Å². The van der Waals surface area contributed by atoms with Crippen LogP contribution in [0.1, 0.15) is 35.3 Å². The van der Waals surface area contributed by atoms with Gasteiger partial charge >= 0.3 is 5.97 Å². The van der Waals surface area contributed by atoms with Gasteiger partial charge in [-0.05, 0) is 32.0 Å². The van der Waals surface area contributed by atoms with E-state index in [9.17, 15) is 4.79 Å². The Morgan fingerprint density at radius 3 is 3.00 bits per heavy atom. The lowest BCUT2D eigenvalue weighted by Crippen LogP contribution is -2.13. The minimum absolute atomic E-state index is 0.00630. The second kappa shape index (κ2) is 6.38. The summed E-state index contributed by atoms with van der Waals surface area (Å²) in [6.45, 7) is 4.09. The second-order valence-corrected chi connectivity index (χ2v) is 5.19. The highest BCUT2D eigenvalue weighted by Gasteiger charge is 2.16. The first-order valence-electron chi connectivity index (χ1n) is 6.34. The van der Waals surface area contributed by atoms with E-state index in [1.165, 1.54) is 0 Å². The number of aromatic nitrogens is 1. The van der Waals surface area contributed by atoms with E-state index >= 15 is 0 Å². The van der Waals surface area contributed by atoms with Gasteiger partial charge < -0.3 is 15.8 Å². The van der Waals surface area contributed by atoms with Crippen molar-refractivity contribution in [2.24, 2.45) is 0 Å². The molecular weight excluding hydrogens is 274 g/mol. The molecule has 1 atom stereocenters. The average Bonchev–Trinajstić information content (AvgIpc) is 2.95. The number of esters is 1. The van der Waals surface area contributed by atoms with Gasteiger partial charge in [0.05, 0.1) is 18.2 Å². The highest BCUT2D eigenvalue weighted by atomic mass is 32.1. The number of nitrogens with two attached hydrogens (primary N) is 1. The van der Waals surface area contributed by atoms with E-state index in [-0.39, 0.29) is 12.0 Å². The summed E-state index contributed by atoms with van der Waals surface area (Å²) in [6.07, 6.45) is 1.76. The molecule has 0 saturated carbocycles. The Bertz CT molecular complexity index is 584. The number of ether oxygens (including phenoxy) is 1. The quantitative estimate of drug-likeness (QED) is 0.654. The summed E-state index contributed by atoms with van der Waals surface area (Å²) in [7, 11) is 0. The van der Waals surface area contributed by atoms with Gasteiger partial charge in [0, 0.05) is 23.0 Å². The van der Waals surface area contributed by atoms with E-state index in [1.807, 2.05) is 12.3 Å². The van der Waals surface area contributed by atoms with E-state index in [0.717, 1.165) is 5.01 Å². The molecule has 0 saturated heterocycles. The minimum Gasteiger partial charge on any atom is -0.462 e. The average molecular weight is 291 g/mol. The summed E-state index contributed by atoms with van der Waals surface area (Å²) >= 11 is 1.56. The van der Waals surface area contributed by atoms with Crippen LogP contribution in [0.15, 0.2) is 29.8 Å². The lowest BCUT2D eigenvalue weighted by molar-refractivity contribution is 0.0527. The Labute approximate surface area is 121 Å². The molecule has 5 nitrogen and oxygen atoms in total. The zero-order valence-electron chi connectivity index (χ0n) is 11.4. The molecule has 1 aromatic carbocycles. The van der Waals surface area contributed by atoms with Crippen molar-refractivity contribution < 1.29 is 9.53 Å². The fraction of sp³-hybridized carbons (Fsp3) is 0.286. The van der Waals surface area contributed by atoms with Gasteiger partial charge in [-0.2, -0.15) is 0 Å². The van der Waals surface area contributed by atoms with Gasteiger partial charge in [0.25, 0.3) is 0 Å². The van der Waals surface area contributed by atoms with Crippen molar-refractivity contribution in [2.75, 3.05) is 17.7 Å². The van der Waals surface area contributed by atoms with Crippen LogP contribution in [-0.4, -0.2) is 17.6 Å². The smallest absolute Gasteiger partial charge is 0.340 e. The molecule has 3 N–H and O–H groups in total. The number of nitrogen functional groups attached to an aromatic ring is 1. The van der Waals surface area contributed by atoms with Crippen molar-refractivity contribution in [3.05, 3.63) is 40.3 Å². The third-order valence-electron chi connectivity index (χ3n) is 2.73. The summed E-state index contributed by atoms with van der Waals surface area (Å²) in [5, 5.41) is 6.15. The SMILES string of the molecule is CCOC(=O)c1cc(N)ccc1NC(C)c1nccs1. The van der Waals surface area contributed by atoms with Crippen LogP contribution in [-0.2, 0) is 4.74 Å². The van der Waals surface area contributed by atoms with Crippen molar-refractivity contribution >= 4 is 28.7 Å². The second-order valence-electron chi connectivity index (χ2n) is 4.26. The normalized spacial score (nSPS) is 11.9. The van der Waals surface area contributed by atoms with Crippen molar-refractivity contribution in [2.45, 2.75) is 19.9 Å². The van der Waals surface area contributed by atoms with Crippen molar-refractivity contribution in [3.8, 4) is 0 Å². The highest BCUT2D eigenvalue weighted by molar-refractivity contribution is 7.09. The molecule has 2 aromatic rings. The number of carbonyl (C=O) groups excluding carboxylic acids is 1. The van der Waals surface area contributed by atoms with Gasteiger partial charge in [0.2, 0.25) is 0 Å². The van der Waals surface area contributed by atoms with Crippen LogP contribution in [0, 0.1) is 0 Å². The molecule has 1 aromatic heterocycles. The summed E-state index contributed by atoms with van der Waals surface area (Å²) < 4.78 is 5.05. The molecule has 1 unspecified atom stereocenters. The van der Waals surface area contributed by atoms with Crippen molar-refractivity contribution in [1.29, 1.82) is 0 Å². The molecule has 0 aliphatic rings. The van der Waals surface area contributed by atoms with E-state index in [1.54, 1.807) is 42.7 Å². The van der Waals surface area contributed by atoms with E-state index in [4.69, 9.17) is 10.5 Å². The number of rotatable bonds is 5. The number of benzene rings is 1. The topological polar surface area (TPSA) is 77.2 Å². The number of nitrogens with one attached hydrogen (secondary N) is 1. The van der Waals surface area contributed by atoms with E-state index < -0.39 is 0 Å². The van der Waals surface area contributed by atoms with Crippen LogP contribution in [0.3, 0.4) is 0 Å². The Kier molecular flexibility index (Phi) is 4.57. The Balaban J connectivity index is 2.24. The number of anilines is 2. The first-order chi connectivity index (χ1) is 9.61. The van der Waals surface area contributed by atoms with E-state index in [0.29, 0.717) is 23.5 Å². The predicted octanol–water partition coefficient (Wildman–Crippen LogP) is 3.08. The summed E-state index contributed by atoms with van der Waals surface area (Å²) in [5.41, 5.74) is 7.40. The van der Waals surface area contributed by atoms with Crippen LogP contribution >= 0.6 is 11.3 Å². The Morgan fingerprint density at radius 1 is 1.55 bits per heavy atom. The molecule has 1 heterocycles. The maximum absolute atomic E-state index is 12.0. The lowest BCUT2D eigenvalue weighted by Gasteiger charge is -2.16. The Morgan fingerprint density at radius 2 is 2.35 bits per heavy atom. The molecule has 0 radical (unpaired) electrons. The van der Waals surface area contributed by atoms with Gasteiger partial charge in [-0.25, -0.2) is 9.78 Å². The van der Waals surface area contributed by atoms with Crippen LogP contribution in [0.25, 0.3) is 0 Å². The minimum atomic E-state index is -0.381. The molecule has 2 rings (SSSR count). The summed E-state index contributed by atoms with van der Waals surface area (Å²) in [5.74, 6) is -0.381. The zero-order valence-corrected chi connectivity index (χ0v) is 12.2. The summed E-state index contributed by atoms with van der Waals surface area (Å²) in [6, 6.07) is 5.16. The number of thiazole rings is 1. The van der Waals surface area contributed by atoms with Gasteiger partial charge in [0.15, 0.2) is 0 Å². The third-order valence-corrected chi connectivity index (χ3v) is 3.69. The zero-order chi connectivity index (χ0) is 14.5. The van der Waals surface area contributed by atoms with Gasteiger partial charge in [-0.15, -0.1) is 11.3 Å². The fourth-order valence-electron chi connectivity index (χ4n) is 1.81. The fourth-order valence-corrected chi connectivity index (χ4v) is 2.45. The Hall–Kier alpha value is -2.08. The van der Waals surface area contributed by atoms with Crippen molar-refractivity contribution in [3.63, 3.8) is 0 Å². The van der Waals surface area contributed by atoms with Gasteiger partial charge in [-0.3, -0.25) is 0 Å². The first kappa shape index (κ1) is 14.3. The monoisotopic (exact) mass is 291 g/mol. The van der Waals surface area contributed by atoms with Crippen LogP contribution < -0.4 is 11.1 Å². The molecular formula is C14H17N3O2S. The number of hydrogen-bond acceptors (Lipinski definition) is 6. The molecule has 0 aliphatic carbocycles. The summed E-state index contributed by atoms with van der Waals surface area (Å²) in [4.78, 5) is 16.2. The molecule has 0 bridgehead atoms. The molecule has 0 aliphatic heterocycles. The van der Waals surface area contributed by atoms with E-state index in [2.05, 4.69) is 10.3 Å². The predicted molar refractivity (Wildman–Crippen MR) is 81.0 cm³/mol. The van der Waals surface area contributed by atoms with Crippen molar-refractivity contribution in [1.82, 2.24) is 4.98 Å². The number of hydrogen-bond donors (Lipinski definition) is 2. The number of nitrogens with zero attached hydrogens (tertiary/aromatic N) is 1. The maximum Gasteiger partial charge on any atom is 0.340 e. The van der Waals surface area contributed by atoms with Crippen LogP contribution in [0.4, 0.5) is 11.4 Å². The molecule has 0 spiro atoms. The molecule has 20 heavy (non-hydrogen) atoms. The number of carbonyl (C=O) groups is 1. The molecule has 0 amide bonds. The van der Waals surface area contributed by atoms with Gasteiger partial charge in [-0.1, -0.05) is 0 Å². The van der Waals surface area contributed by atoms with Crippen LogP contribution in [0.2, 0.25) is 0 Å².